The van der Waals surface area contributed by atoms with Gasteiger partial charge in [0.05, 0.1) is 12.1 Å². The van der Waals surface area contributed by atoms with E-state index in [0.29, 0.717) is 5.56 Å². The molecule has 0 saturated carbocycles. The van der Waals surface area contributed by atoms with E-state index in [9.17, 15) is 9.59 Å². The largest absolute Gasteiger partial charge is 0.452 e. The van der Waals surface area contributed by atoms with E-state index in [0.717, 1.165) is 4.90 Å². The smallest absolute Gasteiger partial charge is 0.338 e. The molecule has 0 atom stereocenters. The van der Waals surface area contributed by atoms with E-state index >= 15 is 0 Å². The molecule has 0 aliphatic rings. The third kappa shape index (κ3) is 4.52. The number of carbonyl (C=O) groups is 2. The molecule has 94 valence electrons. The minimum atomic E-state index is -0.529. The summed E-state index contributed by atoms with van der Waals surface area (Å²) < 4.78 is 4.83. The van der Waals surface area contributed by atoms with Gasteiger partial charge in [0.25, 0.3) is 5.91 Å². The second-order valence-corrected chi connectivity index (χ2v) is 4.17. The van der Waals surface area contributed by atoms with E-state index in [1.54, 1.807) is 23.9 Å². The minimum absolute atomic E-state index is 0.124. The summed E-state index contributed by atoms with van der Waals surface area (Å²) in [4.78, 5) is 23.8. The number of thioether (sulfide) groups is 1. The second kappa shape index (κ2) is 7.41. The Morgan fingerprint density at radius 2 is 2.06 bits per heavy atom. The normalized spacial score (nSPS) is 9.33. The summed E-state index contributed by atoms with van der Waals surface area (Å²) in [5, 5.41) is 2.40. The van der Waals surface area contributed by atoms with Crippen molar-refractivity contribution in [3.8, 4) is 12.3 Å². The summed E-state index contributed by atoms with van der Waals surface area (Å²) in [6.07, 6.45) is 6.92. The predicted molar refractivity (Wildman–Crippen MR) is 70.3 cm³/mol. The number of hydrogen-bond acceptors (Lipinski definition) is 4. The van der Waals surface area contributed by atoms with Crippen LogP contribution < -0.4 is 5.32 Å². The highest BCUT2D eigenvalue weighted by atomic mass is 32.2. The molecule has 0 unspecified atom stereocenters. The molecule has 0 aromatic heterocycles. The van der Waals surface area contributed by atoms with E-state index < -0.39 is 11.9 Å². The number of hydrogen-bond donors (Lipinski definition) is 1. The molecule has 18 heavy (non-hydrogen) atoms. The van der Waals surface area contributed by atoms with Gasteiger partial charge in [0, 0.05) is 4.90 Å². The number of terminal acetylenes is 1. The van der Waals surface area contributed by atoms with E-state index in [2.05, 4.69) is 11.2 Å². The fourth-order valence-electron chi connectivity index (χ4n) is 1.14. The van der Waals surface area contributed by atoms with Crippen molar-refractivity contribution in [1.82, 2.24) is 5.32 Å². The molecule has 1 N–H and O–H groups in total. The van der Waals surface area contributed by atoms with Crippen LogP contribution in [0.25, 0.3) is 0 Å². The van der Waals surface area contributed by atoms with Crippen LogP contribution in [0.1, 0.15) is 10.4 Å². The van der Waals surface area contributed by atoms with Gasteiger partial charge < -0.3 is 10.1 Å². The molecule has 0 aliphatic carbocycles. The molecule has 1 amide bonds. The molecule has 0 saturated heterocycles. The van der Waals surface area contributed by atoms with E-state index in [-0.39, 0.29) is 13.2 Å². The third-order valence-electron chi connectivity index (χ3n) is 2.05. The Balaban J connectivity index is 2.45. The van der Waals surface area contributed by atoms with Gasteiger partial charge in [-0.05, 0) is 30.5 Å². The van der Waals surface area contributed by atoms with Crippen molar-refractivity contribution in [2.75, 3.05) is 19.4 Å². The first-order valence-electron chi connectivity index (χ1n) is 5.18. The van der Waals surface area contributed by atoms with Crippen molar-refractivity contribution in [1.29, 1.82) is 0 Å². The highest BCUT2D eigenvalue weighted by molar-refractivity contribution is 7.98. The van der Waals surface area contributed by atoms with Crippen molar-refractivity contribution in [2.24, 2.45) is 0 Å². The molecular weight excluding hydrogens is 250 g/mol. The molecule has 0 bridgehead atoms. The van der Waals surface area contributed by atoms with Crippen LogP contribution in [0.5, 0.6) is 0 Å². The molecular formula is C13H13NO3S. The van der Waals surface area contributed by atoms with Crippen LogP contribution in [0.4, 0.5) is 0 Å². The summed E-state index contributed by atoms with van der Waals surface area (Å²) >= 11 is 1.58. The number of carbonyl (C=O) groups excluding carboxylic acids is 2. The fourth-order valence-corrected chi connectivity index (χ4v) is 1.55. The summed E-state index contributed by atoms with van der Waals surface area (Å²) in [5.41, 5.74) is 0.414. The maximum atomic E-state index is 11.6. The van der Waals surface area contributed by atoms with Crippen molar-refractivity contribution >= 4 is 23.6 Å². The molecule has 1 rings (SSSR count). The standard InChI is InChI=1S/C13H13NO3S/c1-3-8-14-12(15)9-17-13(16)10-4-6-11(18-2)7-5-10/h1,4-7H,8-9H2,2H3,(H,14,15). The quantitative estimate of drug-likeness (QED) is 0.494. The number of ether oxygens (including phenoxy) is 1. The Hall–Kier alpha value is -1.93. The number of esters is 1. The van der Waals surface area contributed by atoms with Gasteiger partial charge in [0.15, 0.2) is 6.61 Å². The summed E-state index contributed by atoms with van der Waals surface area (Å²) in [6.45, 7) is -0.205. The van der Waals surface area contributed by atoms with Crippen LogP contribution in [0.2, 0.25) is 0 Å². The highest BCUT2D eigenvalue weighted by Crippen LogP contribution is 2.15. The molecule has 0 spiro atoms. The fraction of sp³-hybridized carbons (Fsp3) is 0.231. The number of nitrogens with one attached hydrogen (secondary N) is 1. The lowest BCUT2D eigenvalue weighted by Gasteiger charge is -2.05. The zero-order chi connectivity index (χ0) is 13.4. The molecule has 0 radical (unpaired) electrons. The lowest BCUT2D eigenvalue weighted by molar-refractivity contribution is -0.123. The summed E-state index contributed by atoms with van der Waals surface area (Å²) in [7, 11) is 0. The average Bonchev–Trinajstić information content (AvgIpc) is 2.42. The maximum absolute atomic E-state index is 11.6. The number of benzene rings is 1. The summed E-state index contributed by atoms with van der Waals surface area (Å²) in [6, 6.07) is 6.96. The Morgan fingerprint density at radius 3 is 2.61 bits per heavy atom. The van der Waals surface area contributed by atoms with Crippen LogP contribution in [0.15, 0.2) is 29.2 Å². The second-order valence-electron chi connectivity index (χ2n) is 3.29. The Kier molecular flexibility index (Phi) is 5.81. The van der Waals surface area contributed by atoms with E-state index in [4.69, 9.17) is 11.2 Å². The lowest BCUT2D eigenvalue weighted by atomic mass is 10.2. The minimum Gasteiger partial charge on any atom is -0.452 e. The monoisotopic (exact) mass is 263 g/mol. The van der Waals surface area contributed by atoms with Crippen molar-refractivity contribution in [2.45, 2.75) is 4.90 Å². The molecule has 1 aromatic rings. The third-order valence-corrected chi connectivity index (χ3v) is 2.79. The van der Waals surface area contributed by atoms with Gasteiger partial charge >= 0.3 is 5.97 Å². The SMILES string of the molecule is C#CCNC(=O)COC(=O)c1ccc(SC)cc1. The molecule has 0 heterocycles. The van der Waals surface area contributed by atoms with Crippen molar-refractivity contribution in [3.05, 3.63) is 29.8 Å². The topological polar surface area (TPSA) is 55.4 Å². The van der Waals surface area contributed by atoms with Crippen LogP contribution in [-0.4, -0.2) is 31.3 Å². The first-order chi connectivity index (χ1) is 8.67. The Labute approximate surface area is 110 Å². The van der Waals surface area contributed by atoms with Crippen LogP contribution in [0, 0.1) is 12.3 Å². The van der Waals surface area contributed by atoms with Crippen LogP contribution in [0.3, 0.4) is 0 Å². The van der Waals surface area contributed by atoms with Gasteiger partial charge in [-0.15, -0.1) is 18.2 Å². The van der Waals surface area contributed by atoms with E-state index in [1.165, 1.54) is 0 Å². The molecule has 0 aliphatic heterocycles. The van der Waals surface area contributed by atoms with Crippen molar-refractivity contribution < 1.29 is 14.3 Å². The molecule has 1 aromatic carbocycles. The van der Waals surface area contributed by atoms with Gasteiger partial charge in [0.2, 0.25) is 0 Å². The molecule has 4 nitrogen and oxygen atoms in total. The number of rotatable bonds is 5. The van der Waals surface area contributed by atoms with Gasteiger partial charge in [0.1, 0.15) is 0 Å². The zero-order valence-electron chi connectivity index (χ0n) is 9.93. The zero-order valence-corrected chi connectivity index (χ0v) is 10.8. The maximum Gasteiger partial charge on any atom is 0.338 e. The summed E-state index contributed by atoms with van der Waals surface area (Å²) in [5.74, 6) is 1.31. The van der Waals surface area contributed by atoms with Crippen LogP contribution >= 0.6 is 11.8 Å². The van der Waals surface area contributed by atoms with Gasteiger partial charge in [-0.25, -0.2) is 4.79 Å². The van der Waals surface area contributed by atoms with E-state index in [1.807, 2.05) is 18.4 Å². The molecule has 0 fully saturated rings. The first-order valence-corrected chi connectivity index (χ1v) is 6.41. The average molecular weight is 263 g/mol. The Morgan fingerprint density at radius 1 is 1.39 bits per heavy atom. The highest BCUT2D eigenvalue weighted by Gasteiger charge is 2.09. The Bertz CT molecular complexity index is 462. The lowest BCUT2D eigenvalue weighted by Crippen LogP contribution is -2.28. The molecule has 5 heteroatoms. The van der Waals surface area contributed by atoms with Gasteiger partial charge in [-0.1, -0.05) is 5.92 Å². The van der Waals surface area contributed by atoms with Crippen molar-refractivity contribution in [3.63, 3.8) is 0 Å². The van der Waals surface area contributed by atoms with Gasteiger partial charge in [-0.2, -0.15) is 0 Å². The predicted octanol–water partition coefficient (Wildman–Crippen LogP) is 1.31. The van der Waals surface area contributed by atoms with Crippen LogP contribution in [-0.2, 0) is 9.53 Å². The first kappa shape index (κ1) is 14.1. The number of amides is 1. The van der Waals surface area contributed by atoms with Gasteiger partial charge in [-0.3, -0.25) is 4.79 Å².